The van der Waals surface area contributed by atoms with Crippen molar-refractivity contribution in [3.05, 3.63) is 29.3 Å². The molecule has 0 saturated carbocycles. The van der Waals surface area contributed by atoms with Gasteiger partial charge in [-0.2, -0.15) is 0 Å². The normalized spacial score (nSPS) is 18.7. The van der Waals surface area contributed by atoms with Crippen LogP contribution in [0.15, 0.2) is 18.2 Å². The number of aryl methyl sites for hydroxylation is 1. The molecule has 3 nitrogen and oxygen atoms in total. The average molecular weight is 222 g/mol. The molecule has 0 aliphatic carbocycles. The van der Waals surface area contributed by atoms with Crippen molar-refractivity contribution in [3.63, 3.8) is 0 Å². The van der Waals surface area contributed by atoms with Gasteiger partial charge in [-0.05, 0) is 31.0 Å². The van der Waals surface area contributed by atoms with E-state index >= 15 is 0 Å². The molecule has 1 heterocycles. The molecule has 1 aromatic carbocycles. The van der Waals surface area contributed by atoms with Crippen LogP contribution >= 0.6 is 0 Å². The zero-order chi connectivity index (χ0) is 11.6. The lowest BCUT2D eigenvalue weighted by atomic mass is 10.0. The second-order valence-electron chi connectivity index (χ2n) is 4.03. The van der Waals surface area contributed by atoms with Gasteiger partial charge in [0.25, 0.3) is 0 Å². The highest BCUT2D eigenvalue weighted by atomic mass is 16.7. The van der Waals surface area contributed by atoms with Crippen molar-refractivity contribution in [2.75, 3.05) is 20.3 Å². The van der Waals surface area contributed by atoms with E-state index < -0.39 is 5.79 Å². The summed E-state index contributed by atoms with van der Waals surface area (Å²) in [6.45, 7) is 5.34. The summed E-state index contributed by atoms with van der Waals surface area (Å²) >= 11 is 0. The van der Waals surface area contributed by atoms with Crippen LogP contribution in [0.25, 0.3) is 0 Å². The van der Waals surface area contributed by atoms with Gasteiger partial charge in [-0.1, -0.05) is 13.0 Å². The Morgan fingerprint density at radius 2 is 2.00 bits per heavy atom. The lowest BCUT2D eigenvalue weighted by Gasteiger charge is -2.25. The Bertz CT molecular complexity index is 367. The van der Waals surface area contributed by atoms with Crippen molar-refractivity contribution in [1.82, 2.24) is 0 Å². The van der Waals surface area contributed by atoms with Crippen molar-refractivity contribution in [3.8, 4) is 5.75 Å². The molecule has 88 valence electrons. The molecule has 0 amide bonds. The molecule has 16 heavy (non-hydrogen) atoms. The topological polar surface area (TPSA) is 27.7 Å². The predicted octanol–water partition coefficient (Wildman–Crippen LogP) is 2.48. The standard InChI is InChI=1S/C13H18O3/c1-4-10-5-6-12(14-3)11(9-10)13(2)15-7-8-16-13/h5-6,9H,4,7-8H2,1-3H3. The molecule has 2 rings (SSSR count). The summed E-state index contributed by atoms with van der Waals surface area (Å²) in [6.07, 6.45) is 0.993. The van der Waals surface area contributed by atoms with E-state index in [1.54, 1.807) is 7.11 Å². The van der Waals surface area contributed by atoms with Gasteiger partial charge in [0.15, 0.2) is 5.79 Å². The molecule has 0 bridgehead atoms. The Balaban J connectivity index is 2.43. The highest BCUT2D eigenvalue weighted by Gasteiger charge is 2.35. The number of benzene rings is 1. The fourth-order valence-corrected chi connectivity index (χ4v) is 2.00. The minimum atomic E-state index is -0.656. The van der Waals surface area contributed by atoms with Crippen LogP contribution in [0, 0.1) is 0 Å². The number of methoxy groups -OCH3 is 1. The van der Waals surface area contributed by atoms with Crippen molar-refractivity contribution < 1.29 is 14.2 Å². The van der Waals surface area contributed by atoms with Crippen LogP contribution in [-0.2, 0) is 21.7 Å². The Hall–Kier alpha value is -1.06. The van der Waals surface area contributed by atoms with Crippen LogP contribution in [0.2, 0.25) is 0 Å². The van der Waals surface area contributed by atoms with Crippen LogP contribution in [-0.4, -0.2) is 20.3 Å². The average Bonchev–Trinajstić information content (AvgIpc) is 2.76. The third-order valence-electron chi connectivity index (χ3n) is 3.00. The number of hydrogen-bond donors (Lipinski definition) is 0. The highest BCUT2D eigenvalue weighted by Crippen LogP contribution is 2.37. The Labute approximate surface area is 96.3 Å². The number of rotatable bonds is 3. The quantitative estimate of drug-likeness (QED) is 0.786. The molecule has 1 fully saturated rings. The Morgan fingerprint density at radius 1 is 1.31 bits per heavy atom. The van der Waals surface area contributed by atoms with Gasteiger partial charge in [-0.15, -0.1) is 0 Å². The lowest BCUT2D eigenvalue weighted by molar-refractivity contribution is -0.150. The first kappa shape index (κ1) is 11.4. The van der Waals surface area contributed by atoms with Crippen LogP contribution in [0.4, 0.5) is 0 Å². The summed E-state index contributed by atoms with van der Waals surface area (Å²) in [4.78, 5) is 0. The SMILES string of the molecule is CCc1ccc(OC)c(C2(C)OCCO2)c1. The maximum atomic E-state index is 5.67. The zero-order valence-corrected chi connectivity index (χ0v) is 10.1. The van der Waals surface area contributed by atoms with E-state index in [0.717, 1.165) is 17.7 Å². The molecule has 0 N–H and O–H groups in total. The van der Waals surface area contributed by atoms with Crippen LogP contribution in [0.5, 0.6) is 5.75 Å². The summed E-state index contributed by atoms with van der Waals surface area (Å²) < 4.78 is 16.7. The summed E-state index contributed by atoms with van der Waals surface area (Å²) in [7, 11) is 1.67. The molecule has 0 radical (unpaired) electrons. The second-order valence-corrected chi connectivity index (χ2v) is 4.03. The Morgan fingerprint density at radius 3 is 2.56 bits per heavy atom. The summed E-state index contributed by atoms with van der Waals surface area (Å²) in [6, 6.07) is 6.15. The van der Waals surface area contributed by atoms with E-state index in [2.05, 4.69) is 19.1 Å². The highest BCUT2D eigenvalue weighted by molar-refractivity contribution is 5.40. The predicted molar refractivity (Wildman–Crippen MR) is 61.6 cm³/mol. The van der Waals surface area contributed by atoms with Gasteiger partial charge in [0.05, 0.1) is 25.9 Å². The monoisotopic (exact) mass is 222 g/mol. The van der Waals surface area contributed by atoms with Gasteiger partial charge >= 0.3 is 0 Å². The maximum Gasteiger partial charge on any atom is 0.195 e. The van der Waals surface area contributed by atoms with E-state index in [1.165, 1.54) is 5.56 Å². The molecule has 1 aliphatic rings. The van der Waals surface area contributed by atoms with Gasteiger partial charge < -0.3 is 14.2 Å². The molecule has 0 spiro atoms. The maximum absolute atomic E-state index is 5.67. The van der Waals surface area contributed by atoms with Crippen molar-refractivity contribution >= 4 is 0 Å². The van der Waals surface area contributed by atoms with E-state index in [4.69, 9.17) is 14.2 Å². The minimum Gasteiger partial charge on any atom is -0.496 e. The van der Waals surface area contributed by atoms with Gasteiger partial charge in [0.1, 0.15) is 5.75 Å². The minimum absolute atomic E-state index is 0.635. The van der Waals surface area contributed by atoms with Gasteiger partial charge in [0.2, 0.25) is 0 Å². The summed E-state index contributed by atoms with van der Waals surface area (Å²) in [5, 5.41) is 0. The largest absolute Gasteiger partial charge is 0.496 e. The molecule has 1 aromatic rings. The molecule has 1 aliphatic heterocycles. The van der Waals surface area contributed by atoms with Crippen molar-refractivity contribution in [1.29, 1.82) is 0 Å². The first-order valence-electron chi connectivity index (χ1n) is 5.65. The number of ether oxygens (including phenoxy) is 3. The fourth-order valence-electron chi connectivity index (χ4n) is 2.00. The third kappa shape index (κ3) is 1.93. The Kier molecular flexibility index (Phi) is 3.17. The fraction of sp³-hybridized carbons (Fsp3) is 0.538. The van der Waals surface area contributed by atoms with Crippen molar-refractivity contribution in [2.24, 2.45) is 0 Å². The third-order valence-corrected chi connectivity index (χ3v) is 3.00. The van der Waals surface area contributed by atoms with E-state index in [0.29, 0.717) is 13.2 Å². The molecule has 1 saturated heterocycles. The van der Waals surface area contributed by atoms with Gasteiger partial charge in [-0.3, -0.25) is 0 Å². The van der Waals surface area contributed by atoms with Crippen LogP contribution < -0.4 is 4.74 Å². The molecule has 0 atom stereocenters. The smallest absolute Gasteiger partial charge is 0.195 e. The van der Waals surface area contributed by atoms with E-state index in [-0.39, 0.29) is 0 Å². The first-order valence-corrected chi connectivity index (χ1v) is 5.65. The molecule has 3 heteroatoms. The summed E-state index contributed by atoms with van der Waals surface area (Å²) in [5.41, 5.74) is 2.24. The zero-order valence-electron chi connectivity index (χ0n) is 10.1. The van der Waals surface area contributed by atoms with Crippen LogP contribution in [0.3, 0.4) is 0 Å². The van der Waals surface area contributed by atoms with E-state index in [9.17, 15) is 0 Å². The van der Waals surface area contributed by atoms with Crippen LogP contribution in [0.1, 0.15) is 25.0 Å². The molecule has 0 unspecified atom stereocenters. The summed E-state index contributed by atoms with van der Waals surface area (Å²) in [5.74, 6) is 0.165. The molecule has 0 aromatic heterocycles. The van der Waals surface area contributed by atoms with Gasteiger partial charge in [-0.25, -0.2) is 0 Å². The second kappa shape index (κ2) is 4.44. The van der Waals surface area contributed by atoms with Crippen molar-refractivity contribution in [2.45, 2.75) is 26.1 Å². The lowest BCUT2D eigenvalue weighted by Crippen LogP contribution is -2.23. The molecular weight excluding hydrogens is 204 g/mol. The number of hydrogen-bond acceptors (Lipinski definition) is 3. The molecular formula is C13H18O3. The van der Waals surface area contributed by atoms with E-state index in [1.807, 2.05) is 13.0 Å². The van der Waals surface area contributed by atoms with Gasteiger partial charge in [0, 0.05) is 0 Å². The first-order chi connectivity index (χ1) is 7.69.